The largest absolute Gasteiger partial charge is 0.405 e. The number of alkyl halides is 3. The maximum Gasteiger partial charge on any atom is 0.405 e. The molecule has 152 valence electrons. The summed E-state index contributed by atoms with van der Waals surface area (Å²) in [5.41, 5.74) is 2.48. The van der Waals surface area contributed by atoms with Gasteiger partial charge in [0.2, 0.25) is 5.91 Å². The number of amides is 1. The summed E-state index contributed by atoms with van der Waals surface area (Å²) < 4.78 is 38.3. The van der Waals surface area contributed by atoms with Gasteiger partial charge in [0, 0.05) is 0 Å². The van der Waals surface area contributed by atoms with Crippen molar-refractivity contribution in [2.45, 2.75) is 25.2 Å². The molecule has 0 aliphatic heterocycles. The van der Waals surface area contributed by atoms with Crippen LogP contribution >= 0.6 is 11.8 Å². The van der Waals surface area contributed by atoms with Gasteiger partial charge in [-0.25, -0.2) is 4.98 Å². The van der Waals surface area contributed by atoms with Crippen LogP contribution in [0.25, 0.3) is 16.6 Å². The van der Waals surface area contributed by atoms with Crippen molar-refractivity contribution in [1.82, 2.24) is 14.9 Å². The molecular weight excluding hydrogens is 403 g/mol. The number of fused-ring (bicyclic) bond motifs is 1. The monoisotopic (exact) mass is 421 g/mol. The van der Waals surface area contributed by atoms with Gasteiger partial charge in [0.15, 0.2) is 5.16 Å². The Morgan fingerprint density at radius 2 is 1.76 bits per heavy atom. The molecule has 5 nitrogen and oxygen atoms in total. The highest BCUT2D eigenvalue weighted by molar-refractivity contribution is 7.99. The fourth-order valence-corrected chi connectivity index (χ4v) is 3.77. The fourth-order valence-electron chi connectivity index (χ4n) is 2.94. The van der Waals surface area contributed by atoms with Crippen molar-refractivity contribution >= 4 is 28.6 Å². The molecule has 1 heterocycles. The second-order valence-electron chi connectivity index (χ2n) is 6.47. The van der Waals surface area contributed by atoms with E-state index >= 15 is 0 Å². The normalized spacial score (nSPS) is 11.6. The lowest BCUT2D eigenvalue weighted by molar-refractivity contribution is -0.136. The van der Waals surface area contributed by atoms with E-state index in [-0.39, 0.29) is 16.5 Å². The van der Waals surface area contributed by atoms with Crippen LogP contribution in [0.1, 0.15) is 11.1 Å². The van der Waals surface area contributed by atoms with Crippen molar-refractivity contribution in [3.05, 3.63) is 63.9 Å². The zero-order valence-electron chi connectivity index (χ0n) is 15.7. The number of rotatable bonds is 5. The maximum absolute atomic E-state index is 13.2. The van der Waals surface area contributed by atoms with Gasteiger partial charge in [-0.15, -0.1) is 0 Å². The van der Waals surface area contributed by atoms with Gasteiger partial charge in [-0.05, 0) is 37.1 Å². The first kappa shape index (κ1) is 20.9. The summed E-state index contributed by atoms with van der Waals surface area (Å²) in [6.07, 6.45) is -4.48. The lowest BCUT2D eigenvalue weighted by Gasteiger charge is -2.17. The first-order valence-corrected chi connectivity index (χ1v) is 9.70. The SMILES string of the molecule is Cc1cccc(C)c1-n1c(SCC(=O)NCC(F)(F)F)nc2ccccc2c1=O. The summed E-state index contributed by atoms with van der Waals surface area (Å²) in [5, 5.41) is 2.49. The van der Waals surface area contributed by atoms with Gasteiger partial charge in [0.1, 0.15) is 6.54 Å². The molecule has 0 atom stereocenters. The highest BCUT2D eigenvalue weighted by Crippen LogP contribution is 2.25. The number of hydrogen-bond acceptors (Lipinski definition) is 4. The number of benzene rings is 2. The Balaban J connectivity index is 2.04. The number of nitrogens with zero attached hydrogens (tertiary/aromatic N) is 2. The zero-order chi connectivity index (χ0) is 21.2. The number of aryl methyl sites for hydroxylation is 2. The Labute approximate surface area is 169 Å². The van der Waals surface area contributed by atoms with E-state index in [9.17, 15) is 22.8 Å². The van der Waals surface area contributed by atoms with Gasteiger partial charge in [-0.2, -0.15) is 13.2 Å². The molecule has 29 heavy (non-hydrogen) atoms. The van der Waals surface area contributed by atoms with Crippen molar-refractivity contribution in [2.24, 2.45) is 0 Å². The van der Waals surface area contributed by atoms with Gasteiger partial charge in [-0.1, -0.05) is 42.1 Å². The first-order valence-electron chi connectivity index (χ1n) is 8.72. The van der Waals surface area contributed by atoms with E-state index in [1.165, 1.54) is 4.57 Å². The summed E-state index contributed by atoms with van der Waals surface area (Å²) in [5.74, 6) is -1.09. The van der Waals surface area contributed by atoms with Gasteiger partial charge in [0.25, 0.3) is 5.56 Å². The van der Waals surface area contributed by atoms with Crippen LogP contribution in [0.3, 0.4) is 0 Å². The number of thioether (sulfide) groups is 1. The van der Waals surface area contributed by atoms with E-state index in [1.54, 1.807) is 24.3 Å². The minimum atomic E-state index is -4.48. The molecule has 0 fully saturated rings. The minimum Gasteiger partial charge on any atom is -0.346 e. The average molecular weight is 421 g/mol. The Morgan fingerprint density at radius 1 is 1.10 bits per heavy atom. The Kier molecular flexibility index (Phi) is 5.97. The van der Waals surface area contributed by atoms with Crippen molar-refractivity contribution in [1.29, 1.82) is 0 Å². The zero-order valence-corrected chi connectivity index (χ0v) is 16.5. The molecule has 0 bridgehead atoms. The predicted octanol–water partition coefficient (Wildman–Crippen LogP) is 3.77. The highest BCUT2D eigenvalue weighted by Gasteiger charge is 2.27. The summed E-state index contributed by atoms with van der Waals surface area (Å²) in [7, 11) is 0. The van der Waals surface area contributed by atoms with Gasteiger partial charge in [-0.3, -0.25) is 14.2 Å². The van der Waals surface area contributed by atoms with Crippen molar-refractivity contribution in [3.63, 3.8) is 0 Å². The van der Waals surface area contributed by atoms with Crippen LogP contribution in [0.5, 0.6) is 0 Å². The number of para-hydroxylation sites is 2. The Hall–Kier alpha value is -2.81. The van der Waals surface area contributed by atoms with Gasteiger partial charge < -0.3 is 5.32 Å². The van der Waals surface area contributed by atoms with E-state index in [1.807, 2.05) is 37.4 Å². The second-order valence-corrected chi connectivity index (χ2v) is 7.42. The molecule has 3 aromatic rings. The van der Waals surface area contributed by atoms with Crippen LogP contribution in [-0.2, 0) is 4.79 Å². The highest BCUT2D eigenvalue weighted by atomic mass is 32.2. The van der Waals surface area contributed by atoms with E-state index in [2.05, 4.69) is 4.98 Å². The lowest BCUT2D eigenvalue weighted by Crippen LogP contribution is -2.35. The molecule has 0 aliphatic carbocycles. The van der Waals surface area contributed by atoms with Crippen LogP contribution in [0, 0.1) is 13.8 Å². The van der Waals surface area contributed by atoms with Gasteiger partial charge >= 0.3 is 6.18 Å². The summed E-state index contributed by atoms with van der Waals surface area (Å²) in [6, 6.07) is 12.4. The number of halogens is 3. The maximum atomic E-state index is 13.2. The molecule has 1 N–H and O–H groups in total. The molecule has 3 rings (SSSR count). The standard InChI is InChI=1S/C20H18F3N3O2S/c1-12-6-5-7-13(2)17(12)26-18(28)14-8-3-4-9-15(14)25-19(26)29-10-16(27)24-11-20(21,22)23/h3-9H,10-11H2,1-2H3,(H,24,27). The summed E-state index contributed by atoms with van der Waals surface area (Å²) >= 11 is 0.919. The third kappa shape index (κ3) is 4.79. The second kappa shape index (κ2) is 8.28. The Bertz CT molecular complexity index is 1110. The number of aromatic nitrogens is 2. The van der Waals surface area contributed by atoms with E-state index in [4.69, 9.17) is 0 Å². The smallest absolute Gasteiger partial charge is 0.346 e. The topological polar surface area (TPSA) is 64.0 Å². The van der Waals surface area contributed by atoms with Crippen molar-refractivity contribution < 1.29 is 18.0 Å². The lowest BCUT2D eigenvalue weighted by atomic mass is 10.1. The fraction of sp³-hybridized carbons (Fsp3) is 0.250. The predicted molar refractivity (Wildman–Crippen MR) is 107 cm³/mol. The molecule has 0 unspecified atom stereocenters. The van der Waals surface area contributed by atoms with Crippen molar-refractivity contribution in [3.8, 4) is 5.69 Å². The van der Waals surface area contributed by atoms with Crippen molar-refractivity contribution in [2.75, 3.05) is 12.3 Å². The Morgan fingerprint density at radius 3 is 2.41 bits per heavy atom. The number of hydrogen-bond donors (Lipinski definition) is 1. The van der Waals surface area contributed by atoms with E-state index in [0.29, 0.717) is 16.6 Å². The van der Waals surface area contributed by atoms with E-state index < -0.39 is 18.6 Å². The van der Waals surface area contributed by atoms with Crippen LogP contribution in [-0.4, -0.2) is 33.9 Å². The van der Waals surface area contributed by atoms with Gasteiger partial charge in [0.05, 0.1) is 22.3 Å². The number of nitrogens with one attached hydrogen (secondary N) is 1. The third-order valence-corrected chi connectivity index (χ3v) is 5.16. The first-order chi connectivity index (χ1) is 13.7. The average Bonchev–Trinajstić information content (AvgIpc) is 2.66. The number of carbonyl (C=O) groups excluding carboxylic acids is 1. The molecule has 2 aromatic carbocycles. The molecule has 1 aromatic heterocycles. The third-order valence-electron chi connectivity index (χ3n) is 4.23. The molecule has 0 aliphatic rings. The summed E-state index contributed by atoms with van der Waals surface area (Å²) in [6.45, 7) is 2.31. The molecule has 0 radical (unpaired) electrons. The quantitative estimate of drug-likeness (QED) is 0.503. The number of carbonyl (C=O) groups is 1. The van der Waals surface area contributed by atoms with Crippen LogP contribution in [0.4, 0.5) is 13.2 Å². The molecule has 1 amide bonds. The summed E-state index contributed by atoms with van der Waals surface area (Å²) in [4.78, 5) is 29.6. The molecule has 0 saturated heterocycles. The van der Waals surface area contributed by atoms with Crippen LogP contribution in [0.2, 0.25) is 0 Å². The van der Waals surface area contributed by atoms with Crippen LogP contribution in [0.15, 0.2) is 52.4 Å². The van der Waals surface area contributed by atoms with E-state index in [0.717, 1.165) is 22.9 Å². The molecular formula is C20H18F3N3O2S. The molecule has 9 heteroatoms. The molecule has 0 spiro atoms. The molecule has 0 saturated carbocycles. The minimum absolute atomic E-state index is 0.244. The van der Waals surface area contributed by atoms with Crippen LogP contribution < -0.4 is 10.9 Å².